The second kappa shape index (κ2) is 12.7. The van der Waals surface area contributed by atoms with E-state index >= 15 is 0 Å². The highest BCUT2D eigenvalue weighted by Crippen LogP contribution is 2.36. The van der Waals surface area contributed by atoms with Crippen LogP contribution in [-0.2, 0) is 20.9 Å². The summed E-state index contributed by atoms with van der Waals surface area (Å²) in [6.45, 7) is 1.93. The summed E-state index contributed by atoms with van der Waals surface area (Å²) in [5.74, 6) is -0.714. The predicted octanol–water partition coefficient (Wildman–Crippen LogP) is 5.53. The molecule has 1 aliphatic carbocycles. The fourth-order valence-electron chi connectivity index (χ4n) is 3.73. The molecule has 3 aromatic rings. The van der Waals surface area contributed by atoms with E-state index in [4.69, 9.17) is 10.5 Å². The van der Waals surface area contributed by atoms with Crippen LogP contribution < -0.4 is 21.7 Å². The van der Waals surface area contributed by atoms with E-state index in [-0.39, 0.29) is 18.4 Å². The molecule has 3 amide bonds. The molecule has 0 spiro atoms. The fourth-order valence-corrected chi connectivity index (χ4v) is 4.46. The molecule has 200 valence electrons. The number of thiophene rings is 1. The Morgan fingerprint density at radius 2 is 1.85 bits per heavy atom. The zero-order valence-corrected chi connectivity index (χ0v) is 22.3. The molecule has 1 saturated carbocycles. The van der Waals surface area contributed by atoms with Crippen LogP contribution >= 0.6 is 11.3 Å². The number of anilines is 2. The molecule has 5 N–H and O–H groups in total. The lowest BCUT2D eigenvalue weighted by atomic mass is 10.1. The average Bonchev–Trinajstić information content (AvgIpc) is 3.50. The quantitative estimate of drug-likeness (QED) is 0.152. The highest BCUT2D eigenvalue weighted by molar-refractivity contribution is 7.13. The van der Waals surface area contributed by atoms with Gasteiger partial charge in [-0.05, 0) is 66.6 Å². The van der Waals surface area contributed by atoms with E-state index in [1.165, 1.54) is 12.2 Å². The normalized spacial score (nSPS) is 14.2. The third kappa shape index (κ3) is 7.68. The Morgan fingerprint density at radius 3 is 2.54 bits per heavy atom. The van der Waals surface area contributed by atoms with Crippen molar-refractivity contribution < 1.29 is 19.1 Å². The van der Waals surface area contributed by atoms with Crippen molar-refractivity contribution in [3.63, 3.8) is 0 Å². The molecular formula is C30H30N4O4S. The number of benzene rings is 2. The van der Waals surface area contributed by atoms with E-state index in [9.17, 15) is 14.4 Å². The number of ether oxygens (including phenoxy) is 1. The number of carbonyl (C=O) groups is 3. The minimum absolute atomic E-state index is 0.116. The highest BCUT2D eigenvalue weighted by atomic mass is 32.1. The van der Waals surface area contributed by atoms with Gasteiger partial charge in [0.1, 0.15) is 12.1 Å². The van der Waals surface area contributed by atoms with Gasteiger partial charge in [0, 0.05) is 16.7 Å². The van der Waals surface area contributed by atoms with Crippen LogP contribution in [0.4, 0.5) is 16.2 Å². The third-order valence-electron chi connectivity index (χ3n) is 5.98. The Labute approximate surface area is 231 Å². The van der Waals surface area contributed by atoms with Crippen LogP contribution in [-0.4, -0.2) is 23.4 Å². The molecule has 39 heavy (non-hydrogen) atoms. The molecule has 0 atom stereocenters. The average molecular weight is 543 g/mol. The Hall–Kier alpha value is -4.63. The van der Waals surface area contributed by atoms with Gasteiger partial charge in [0.15, 0.2) is 0 Å². The van der Waals surface area contributed by atoms with E-state index in [1.807, 2.05) is 66.9 Å². The van der Waals surface area contributed by atoms with E-state index in [0.717, 1.165) is 16.0 Å². The molecule has 0 unspecified atom stereocenters. The first-order valence-electron chi connectivity index (χ1n) is 12.4. The maximum atomic E-state index is 13.0. The standard InChI is InChI=1S/C30H30N4O4S/c1-2-8-23(32-28(36)30(16-17-30)34-29(37)38-20-21-9-4-3-5-10-21)11-6-13-27(35)33-25-19-22(14-15-24(25)31)26-12-7-18-39-26/h2-15,18-19H,16-17,20,31H2,1H3,(H,32,36)(H,33,35)(H,34,37)/b8-2-,13-6+,23-11+. The summed E-state index contributed by atoms with van der Waals surface area (Å²) in [7, 11) is 0. The van der Waals surface area contributed by atoms with Crippen molar-refractivity contribution in [1.82, 2.24) is 10.6 Å². The van der Waals surface area contributed by atoms with Crippen LogP contribution in [0.15, 0.2) is 102 Å². The molecular weight excluding hydrogens is 512 g/mol. The number of rotatable bonds is 10. The molecule has 0 radical (unpaired) electrons. The van der Waals surface area contributed by atoms with Crippen molar-refractivity contribution in [3.8, 4) is 10.4 Å². The predicted molar refractivity (Wildman–Crippen MR) is 155 cm³/mol. The van der Waals surface area contributed by atoms with Gasteiger partial charge >= 0.3 is 6.09 Å². The van der Waals surface area contributed by atoms with Crippen LogP contribution in [0.25, 0.3) is 10.4 Å². The fraction of sp³-hybridized carbons (Fsp3) is 0.167. The summed E-state index contributed by atoms with van der Waals surface area (Å²) < 4.78 is 5.26. The van der Waals surface area contributed by atoms with Crippen molar-refractivity contribution >= 4 is 40.6 Å². The van der Waals surface area contributed by atoms with E-state index < -0.39 is 11.6 Å². The Balaban J connectivity index is 1.33. The number of nitrogens with two attached hydrogens (primary N) is 1. The zero-order valence-electron chi connectivity index (χ0n) is 21.5. The number of hydrogen-bond acceptors (Lipinski definition) is 6. The number of allylic oxidation sites excluding steroid dienone is 4. The number of hydrogen-bond donors (Lipinski definition) is 4. The van der Waals surface area contributed by atoms with E-state index in [0.29, 0.717) is 29.9 Å². The van der Waals surface area contributed by atoms with Crippen LogP contribution in [0.5, 0.6) is 0 Å². The molecule has 1 aliphatic rings. The second-order valence-electron chi connectivity index (χ2n) is 8.97. The van der Waals surface area contributed by atoms with Crippen LogP contribution in [0, 0.1) is 0 Å². The molecule has 1 heterocycles. The number of nitrogen functional groups attached to an aromatic ring is 1. The van der Waals surface area contributed by atoms with Crippen molar-refractivity contribution in [1.29, 1.82) is 0 Å². The van der Waals surface area contributed by atoms with Crippen LogP contribution in [0.2, 0.25) is 0 Å². The van der Waals surface area contributed by atoms with Crippen LogP contribution in [0.1, 0.15) is 25.3 Å². The summed E-state index contributed by atoms with van der Waals surface area (Å²) in [4.78, 5) is 38.8. The summed E-state index contributed by atoms with van der Waals surface area (Å²) in [5, 5.41) is 10.3. The molecule has 0 bridgehead atoms. The minimum atomic E-state index is -1.01. The van der Waals surface area contributed by atoms with Gasteiger partial charge in [-0.3, -0.25) is 9.59 Å². The van der Waals surface area contributed by atoms with Gasteiger partial charge < -0.3 is 26.4 Å². The lowest BCUT2D eigenvalue weighted by Gasteiger charge is -2.17. The number of amides is 3. The molecule has 0 aliphatic heterocycles. The zero-order chi connectivity index (χ0) is 27.7. The topological polar surface area (TPSA) is 123 Å². The van der Waals surface area contributed by atoms with E-state index in [1.54, 1.807) is 35.6 Å². The minimum Gasteiger partial charge on any atom is -0.445 e. The molecule has 9 heteroatoms. The second-order valence-corrected chi connectivity index (χ2v) is 9.92. The first-order chi connectivity index (χ1) is 18.9. The summed E-state index contributed by atoms with van der Waals surface area (Å²) >= 11 is 1.60. The van der Waals surface area contributed by atoms with Gasteiger partial charge in [0.25, 0.3) is 0 Å². The van der Waals surface area contributed by atoms with Crippen molar-refractivity contribution in [2.75, 3.05) is 11.1 Å². The first-order valence-corrected chi connectivity index (χ1v) is 13.3. The van der Waals surface area contributed by atoms with Gasteiger partial charge in [-0.25, -0.2) is 4.79 Å². The van der Waals surface area contributed by atoms with Gasteiger partial charge in [-0.1, -0.05) is 54.6 Å². The Kier molecular flexibility index (Phi) is 8.96. The monoisotopic (exact) mass is 542 g/mol. The van der Waals surface area contributed by atoms with Crippen molar-refractivity contribution in [2.24, 2.45) is 0 Å². The highest BCUT2D eigenvalue weighted by Gasteiger charge is 2.51. The third-order valence-corrected chi connectivity index (χ3v) is 6.90. The van der Waals surface area contributed by atoms with Crippen LogP contribution in [0.3, 0.4) is 0 Å². The Bertz CT molecular complexity index is 1410. The molecule has 1 aromatic heterocycles. The van der Waals surface area contributed by atoms with Gasteiger partial charge in [-0.15, -0.1) is 11.3 Å². The van der Waals surface area contributed by atoms with Gasteiger partial charge in [-0.2, -0.15) is 0 Å². The first kappa shape index (κ1) is 27.4. The van der Waals surface area contributed by atoms with Crippen molar-refractivity contribution in [3.05, 3.63) is 108 Å². The lowest BCUT2D eigenvalue weighted by molar-refractivity contribution is -0.123. The summed E-state index contributed by atoms with van der Waals surface area (Å²) in [5.41, 5.74) is 8.30. The number of carbonyl (C=O) groups excluding carboxylic acids is 3. The number of alkyl carbamates (subject to hydrolysis) is 1. The van der Waals surface area contributed by atoms with Gasteiger partial charge in [0.2, 0.25) is 11.8 Å². The van der Waals surface area contributed by atoms with E-state index in [2.05, 4.69) is 16.0 Å². The molecule has 2 aromatic carbocycles. The Morgan fingerprint density at radius 1 is 1.05 bits per heavy atom. The molecule has 8 nitrogen and oxygen atoms in total. The maximum absolute atomic E-state index is 13.0. The summed E-state index contributed by atoms with van der Waals surface area (Å²) in [6, 6.07) is 18.8. The van der Waals surface area contributed by atoms with Gasteiger partial charge in [0.05, 0.1) is 11.4 Å². The molecule has 4 rings (SSSR count). The maximum Gasteiger partial charge on any atom is 0.408 e. The smallest absolute Gasteiger partial charge is 0.408 e. The summed E-state index contributed by atoms with van der Waals surface area (Å²) in [6.07, 6.45) is 8.31. The largest absolute Gasteiger partial charge is 0.445 e. The molecule has 1 fully saturated rings. The SMILES string of the molecule is C\C=C/C(=C\C=C\C(=O)Nc1cc(-c2cccs2)ccc1N)NC(=O)C1(NC(=O)OCc2ccccc2)CC1. The lowest BCUT2D eigenvalue weighted by Crippen LogP contribution is -2.48. The molecule has 0 saturated heterocycles. The van der Waals surface area contributed by atoms with Crippen molar-refractivity contribution in [2.45, 2.75) is 31.9 Å². The number of nitrogens with one attached hydrogen (secondary N) is 3.